The molecule has 0 bridgehead atoms. The van der Waals surface area contributed by atoms with E-state index in [4.69, 9.17) is 23.2 Å². The lowest BCUT2D eigenvalue weighted by Gasteiger charge is -2.04. The molecule has 6 heteroatoms. The molecule has 82 valence electrons. The fourth-order valence-corrected chi connectivity index (χ4v) is 2.43. The van der Waals surface area contributed by atoms with E-state index in [0.717, 1.165) is 6.26 Å². The number of halogens is 2. The molecule has 0 fully saturated rings. The van der Waals surface area contributed by atoms with Gasteiger partial charge in [0.2, 0.25) is 0 Å². The van der Waals surface area contributed by atoms with Gasteiger partial charge in [0.15, 0.2) is 0 Å². The molecule has 0 N–H and O–H groups in total. The average Bonchev–Trinajstić information content (AvgIpc) is 2.18. The van der Waals surface area contributed by atoms with Crippen LogP contribution in [-0.4, -0.2) is 8.42 Å². The van der Waals surface area contributed by atoms with Crippen LogP contribution < -0.4 is 0 Å². The molecule has 0 unspecified atom stereocenters. The topological polar surface area (TPSA) is 43.4 Å². The first-order chi connectivity index (χ1) is 6.97. The second kappa shape index (κ2) is 4.88. The number of allylic oxidation sites excluding steroid dienone is 1. The Balaban J connectivity index is 3.20. The number of benzene rings is 1. The van der Waals surface area contributed by atoms with Crippen molar-refractivity contribution in [2.45, 2.75) is 11.8 Å². The normalized spacial score (nSPS) is 11.9. The predicted octanol–water partition coefficient (Wildman–Crippen LogP) is 3.23. The lowest BCUT2D eigenvalue weighted by atomic mass is 10.4. The zero-order chi connectivity index (χ0) is 11.5. The van der Waals surface area contributed by atoms with Crippen LogP contribution in [0.2, 0.25) is 10.0 Å². The van der Waals surface area contributed by atoms with Crippen molar-refractivity contribution in [1.82, 2.24) is 0 Å². The van der Waals surface area contributed by atoms with Crippen LogP contribution in [0.3, 0.4) is 0 Å². The first kappa shape index (κ1) is 12.4. The van der Waals surface area contributed by atoms with Crippen LogP contribution in [0.1, 0.15) is 6.92 Å². The molecular formula is C9H8Cl2O3S. The highest BCUT2D eigenvalue weighted by molar-refractivity contribution is 7.87. The van der Waals surface area contributed by atoms with Gasteiger partial charge in [-0.15, -0.1) is 0 Å². The van der Waals surface area contributed by atoms with E-state index < -0.39 is 10.1 Å². The Hall–Kier alpha value is -0.710. The highest BCUT2D eigenvalue weighted by Crippen LogP contribution is 2.26. The van der Waals surface area contributed by atoms with Crippen LogP contribution >= 0.6 is 23.2 Å². The Bertz CT molecular complexity index is 480. The zero-order valence-electron chi connectivity index (χ0n) is 7.78. The van der Waals surface area contributed by atoms with E-state index in [1.807, 2.05) is 0 Å². The van der Waals surface area contributed by atoms with Gasteiger partial charge in [-0.25, -0.2) is 0 Å². The average molecular weight is 267 g/mol. The summed E-state index contributed by atoms with van der Waals surface area (Å²) in [6.45, 7) is 1.63. The van der Waals surface area contributed by atoms with Crippen molar-refractivity contribution >= 4 is 33.3 Å². The minimum absolute atomic E-state index is 0.0731. The van der Waals surface area contributed by atoms with Crippen LogP contribution in [0.5, 0.6) is 0 Å². The van der Waals surface area contributed by atoms with Crippen molar-refractivity contribution in [1.29, 1.82) is 0 Å². The summed E-state index contributed by atoms with van der Waals surface area (Å²) in [5.74, 6) is 0. The molecule has 0 spiro atoms. The van der Waals surface area contributed by atoms with Gasteiger partial charge in [0, 0.05) is 5.02 Å². The van der Waals surface area contributed by atoms with Gasteiger partial charge >= 0.3 is 10.1 Å². The Morgan fingerprint density at radius 3 is 2.60 bits per heavy atom. The number of hydrogen-bond donors (Lipinski definition) is 0. The summed E-state index contributed by atoms with van der Waals surface area (Å²) in [6, 6.07) is 4.14. The summed E-state index contributed by atoms with van der Waals surface area (Å²) in [5, 5.41) is 0.353. The monoisotopic (exact) mass is 266 g/mol. The summed E-state index contributed by atoms with van der Waals surface area (Å²) in [7, 11) is -3.88. The Morgan fingerprint density at radius 1 is 1.33 bits per heavy atom. The van der Waals surface area contributed by atoms with Gasteiger partial charge in [0.25, 0.3) is 0 Å². The molecule has 0 aliphatic heterocycles. The molecule has 15 heavy (non-hydrogen) atoms. The van der Waals surface area contributed by atoms with Gasteiger partial charge in [-0.05, 0) is 25.1 Å². The molecule has 0 radical (unpaired) electrons. The molecule has 0 aliphatic carbocycles. The minimum atomic E-state index is -3.88. The first-order valence-electron chi connectivity index (χ1n) is 3.97. The third kappa shape index (κ3) is 3.12. The van der Waals surface area contributed by atoms with Crippen molar-refractivity contribution in [3.8, 4) is 0 Å². The zero-order valence-corrected chi connectivity index (χ0v) is 10.1. The van der Waals surface area contributed by atoms with Gasteiger partial charge in [0.1, 0.15) is 11.2 Å². The maximum Gasteiger partial charge on any atom is 0.340 e. The van der Waals surface area contributed by atoms with Crippen LogP contribution in [-0.2, 0) is 14.3 Å². The smallest absolute Gasteiger partial charge is 0.340 e. The molecule has 0 atom stereocenters. The van der Waals surface area contributed by atoms with E-state index in [9.17, 15) is 8.42 Å². The standard InChI is InChI=1S/C9H8Cl2O3S/c1-2-5-14-15(12,13)9-6-7(10)3-4-8(9)11/h2-6H,1H3/b5-2+. The maximum atomic E-state index is 11.5. The number of rotatable bonds is 3. The summed E-state index contributed by atoms with van der Waals surface area (Å²) in [6.07, 6.45) is 2.52. The van der Waals surface area contributed by atoms with Gasteiger partial charge in [-0.1, -0.05) is 29.3 Å². The third-order valence-corrected chi connectivity index (χ3v) is 3.40. The quantitative estimate of drug-likeness (QED) is 0.623. The van der Waals surface area contributed by atoms with E-state index in [2.05, 4.69) is 4.18 Å². The van der Waals surface area contributed by atoms with E-state index in [1.165, 1.54) is 24.3 Å². The Labute approximate surface area is 98.4 Å². The fourth-order valence-electron chi connectivity index (χ4n) is 0.849. The molecule has 0 amide bonds. The molecule has 0 aromatic heterocycles. The molecule has 0 saturated carbocycles. The Morgan fingerprint density at radius 2 is 2.00 bits per heavy atom. The van der Waals surface area contributed by atoms with Crippen LogP contribution in [0, 0.1) is 0 Å². The largest absolute Gasteiger partial charge is 0.387 e. The van der Waals surface area contributed by atoms with E-state index in [0.29, 0.717) is 0 Å². The SMILES string of the molecule is C/C=C/OS(=O)(=O)c1cc(Cl)ccc1Cl. The second-order valence-corrected chi connectivity index (χ2v) is 4.98. The molecule has 0 heterocycles. The molecule has 1 aromatic carbocycles. The summed E-state index contributed by atoms with van der Waals surface area (Å²) in [5.41, 5.74) is 0. The molecule has 1 rings (SSSR count). The van der Waals surface area contributed by atoms with Crippen molar-refractivity contribution in [3.05, 3.63) is 40.6 Å². The highest BCUT2D eigenvalue weighted by atomic mass is 35.5. The van der Waals surface area contributed by atoms with Gasteiger partial charge < -0.3 is 4.18 Å². The van der Waals surface area contributed by atoms with Gasteiger partial charge in [0.05, 0.1) is 5.02 Å². The Kier molecular flexibility index (Phi) is 4.02. The summed E-state index contributed by atoms with van der Waals surface area (Å²) < 4.78 is 27.6. The first-order valence-corrected chi connectivity index (χ1v) is 6.13. The molecule has 0 saturated heterocycles. The van der Waals surface area contributed by atoms with Gasteiger partial charge in [-0.2, -0.15) is 8.42 Å². The minimum Gasteiger partial charge on any atom is -0.387 e. The van der Waals surface area contributed by atoms with Crippen LogP contribution in [0.25, 0.3) is 0 Å². The van der Waals surface area contributed by atoms with E-state index >= 15 is 0 Å². The predicted molar refractivity (Wildman–Crippen MR) is 59.5 cm³/mol. The lowest BCUT2D eigenvalue weighted by Crippen LogP contribution is -2.02. The number of hydrogen-bond acceptors (Lipinski definition) is 3. The molecule has 1 aromatic rings. The third-order valence-electron chi connectivity index (χ3n) is 1.48. The van der Waals surface area contributed by atoms with Crippen molar-refractivity contribution in [2.75, 3.05) is 0 Å². The van der Waals surface area contributed by atoms with E-state index in [1.54, 1.807) is 6.92 Å². The fraction of sp³-hybridized carbons (Fsp3) is 0.111. The van der Waals surface area contributed by atoms with Crippen molar-refractivity contribution < 1.29 is 12.6 Å². The van der Waals surface area contributed by atoms with Crippen LogP contribution in [0.15, 0.2) is 35.4 Å². The lowest BCUT2D eigenvalue weighted by molar-refractivity contribution is 0.443. The summed E-state index contributed by atoms with van der Waals surface area (Å²) in [4.78, 5) is -0.144. The highest BCUT2D eigenvalue weighted by Gasteiger charge is 2.18. The molecule has 3 nitrogen and oxygen atoms in total. The maximum absolute atomic E-state index is 11.5. The van der Waals surface area contributed by atoms with Crippen molar-refractivity contribution in [3.63, 3.8) is 0 Å². The summed E-state index contributed by atoms with van der Waals surface area (Å²) >= 11 is 11.4. The molecular weight excluding hydrogens is 259 g/mol. The van der Waals surface area contributed by atoms with Gasteiger partial charge in [-0.3, -0.25) is 0 Å². The van der Waals surface area contributed by atoms with Crippen LogP contribution in [0.4, 0.5) is 0 Å². The molecule has 0 aliphatic rings. The van der Waals surface area contributed by atoms with Crippen molar-refractivity contribution in [2.24, 2.45) is 0 Å². The second-order valence-electron chi connectivity index (χ2n) is 2.59. The van der Waals surface area contributed by atoms with E-state index in [-0.39, 0.29) is 14.9 Å².